The molecule has 1 aliphatic carbocycles. The van der Waals surface area contributed by atoms with Crippen LogP contribution in [0.1, 0.15) is 25.0 Å². The van der Waals surface area contributed by atoms with Crippen molar-refractivity contribution in [3.05, 3.63) is 205 Å². The van der Waals surface area contributed by atoms with Gasteiger partial charge in [-0.1, -0.05) is 159 Å². The first-order valence-corrected chi connectivity index (χ1v) is 18.4. The van der Waals surface area contributed by atoms with Gasteiger partial charge in [0.15, 0.2) is 0 Å². The molecular formula is C51H38N2. The van der Waals surface area contributed by atoms with Crippen molar-refractivity contribution in [3.8, 4) is 39.1 Å². The van der Waals surface area contributed by atoms with E-state index in [4.69, 9.17) is 0 Å². The van der Waals surface area contributed by atoms with Gasteiger partial charge in [0.05, 0.1) is 16.7 Å². The quantitative estimate of drug-likeness (QED) is 0.170. The van der Waals surface area contributed by atoms with Crippen LogP contribution in [0.2, 0.25) is 0 Å². The number of fused-ring (bicyclic) bond motifs is 7. The minimum Gasteiger partial charge on any atom is -0.310 e. The number of aromatic nitrogens is 1. The Morgan fingerprint density at radius 1 is 0.434 bits per heavy atom. The molecule has 0 N–H and O–H groups in total. The molecule has 0 radical (unpaired) electrons. The predicted molar refractivity (Wildman–Crippen MR) is 224 cm³/mol. The van der Waals surface area contributed by atoms with E-state index >= 15 is 0 Å². The minimum absolute atomic E-state index is 0.0783. The fourth-order valence-corrected chi connectivity index (χ4v) is 8.67. The molecule has 9 aromatic rings. The van der Waals surface area contributed by atoms with Crippen molar-refractivity contribution in [2.24, 2.45) is 0 Å². The Morgan fingerprint density at radius 2 is 1.02 bits per heavy atom. The van der Waals surface area contributed by atoms with E-state index in [2.05, 4.69) is 217 Å². The van der Waals surface area contributed by atoms with E-state index in [1.807, 2.05) is 0 Å². The highest BCUT2D eigenvalue weighted by molar-refractivity contribution is 6.18. The summed E-state index contributed by atoms with van der Waals surface area (Å²) in [5.41, 5.74) is 17.1. The van der Waals surface area contributed by atoms with Gasteiger partial charge in [-0.2, -0.15) is 0 Å². The minimum atomic E-state index is -0.0783. The molecule has 252 valence electrons. The molecule has 1 heterocycles. The molecule has 53 heavy (non-hydrogen) atoms. The Morgan fingerprint density at radius 3 is 1.75 bits per heavy atom. The Labute approximate surface area is 310 Å². The van der Waals surface area contributed by atoms with Crippen LogP contribution in [-0.2, 0) is 5.41 Å². The van der Waals surface area contributed by atoms with Crippen LogP contribution in [0.3, 0.4) is 0 Å². The highest BCUT2D eigenvalue weighted by Gasteiger charge is 2.37. The lowest BCUT2D eigenvalue weighted by molar-refractivity contribution is 0.661. The SMILES string of the molecule is CC1(C)c2ccccc2-c2c1ccc1c2c2ccc(N(c3ccc(-c4ccccc4)cc3)c3ccccc3-c3ccccc3)cc2n1-c1ccccc1. The van der Waals surface area contributed by atoms with E-state index < -0.39 is 0 Å². The molecule has 0 unspecified atom stereocenters. The van der Waals surface area contributed by atoms with Gasteiger partial charge in [0, 0.05) is 38.8 Å². The fourth-order valence-electron chi connectivity index (χ4n) is 8.67. The average molecular weight is 679 g/mol. The Hall–Kier alpha value is -6.64. The van der Waals surface area contributed by atoms with E-state index in [0.29, 0.717) is 0 Å². The van der Waals surface area contributed by atoms with Gasteiger partial charge in [-0.3, -0.25) is 0 Å². The molecule has 2 heteroatoms. The first-order valence-electron chi connectivity index (χ1n) is 18.4. The molecule has 0 atom stereocenters. The maximum atomic E-state index is 2.46. The number of nitrogens with zero attached hydrogens (tertiary/aromatic N) is 2. The van der Waals surface area contributed by atoms with Gasteiger partial charge >= 0.3 is 0 Å². The zero-order valence-electron chi connectivity index (χ0n) is 29.9. The summed E-state index contributed by atoms with van der Waals surface area (Å²) >= 11 is 0. The highest BCUT2D eigenvalue weighted by Crippen LogP contribution is 2.53. The van der Waals surface area contributed by atoms with Crippen molar-refractivity contribution in [1.82, 2.24) is 4.57 Å². The summed E-state index contributed by atoms with van der Waals surface area (Å²) in [6.07, 6.45) is 0. The molecule has 1 aromatic heterocycles. The van der Waals surface area contributed by atoms with Crippen LogP contribution in [0.4, 0.5) is 17.1 Å². The second-order valence-electron chi connectivity index (χ2n) is 14.6. The zero-order valence-corrected chi connectivity index (χ0v) is 29.9. The summed E-state index contributed by atoms with van der Waals surface area (Å²) < 4.78 is 2.46. The molecule has 0 saturated carbocycles. The number of hydrogen-bond acceptors (Lipinski definition) is 1. The maximum Gasteiger partial charge on any atom is 0.0562 e. The number of anilines is 3. The molecule has 10 rings (SSSR count). The first-order chi connectivity index (χ1) is 26.1. The van der Waals surface area contributed by atoms with Crippen LogP contribution in [0.25, 0.3) is 60.9 Å². The van der Waals surface area contributed by atoms with Gasteiger partial charge in [0.25, 0.3) is 0 Å². The third-order valence-electron chi connectivity index (χ3n) is 11.2. The van der Waals surface area contributed by atoms with Crippen LogP contribution in [0.15, 0.2) is 194 Å². The van der Waals surface area contributed by atoms with Crippen LogP contribution in [0.5, 0.6) is 0 Å². The third kappa shape index (κ3) is 4.94. The van der Waals surface area contributed by atoms with E-state index in [1.165, 1.54) is 66.3 Å². The summed E-state index contributed by atoms with van der Waals surface area (Å²) in [5, 5.41) is 2.57. The van der Waals surface area contributed by atoms with E-state index in [1.54, 1.807) is 0 Å². The van der Waals surface area contributed by atoms with Crippen molar-refractivity contribution in [3.63, 3.8) is 0 Å². The number of rotatable bonds is 6. The molecule has 0 aliphatic heterocycles. The standard InChI is InChI=1S/C51H38N2/c1-51(2)44-24-14-12-23-42(44)49-45(51)32-33-47-50(49)43-31-30-40(34-48(43)53(47)38-20-10-5-11-21-38)52(39-28-26-36(27-29-39)35-16-6-3-7-17-35)46-25-15-13-22-41(46)37-18-8-4-9-19-37/h3-34H,1-2H3. The second-order valence-corrected chi connectivity index (χ2v) is 14.6. The zero-order chi connectivity index (χ0) is 35.5. The summed E-state index contributed by atoms with van der Waals surface area (Å²) in [6.45, 7) is 4.73. The lowest BCUT2D eigenvalue weighted by Crippen LogP contribution is -2.14. The monoisotopic (exact) mass is 678 g/mol. The first kappa shape index (κ1) is 31.1. The van der Waals surface area contributed by atoms with Gasteiger partial charge in [-0.25, -0.2) is 0 Å². The third-order valence-corrected chi connectivity index (χ3v) is 11.2. The summed E-state index contributed by atoms with van der Waals surface area (Å²) in [4.78, 5) is 2.42. The van der Waals surface area contributed by atoms with Gasteiger partial charge < -0.3 is 9.47 Å². The topological polar surface area (TPSA) is 8.17 Å². The maximum absolute atomic E-state index is 2.46. The van der Waals surface area contributed by atoms with Crippen molar-refractivity contribution >= 4 is 38.9 Å². The summed E-state index contributed by atoms with van der Waals surface area (Å²) in [7, 11) is 0. The van der Waals surface area contributed by atoms with Crippen LogP contribution in [-0.4, -0.2) is 4.57 Å². The van der Waals surface area contributed by atoms with Gasteiger partial charge in [0.2, 0.25) is 0 Å². The molecular weight excluding hydrogens is 641 g/mol. The summed E-state index contributed by atoms with van der Waals surface area (Å²) in [6, 6.07) is 70.7. The Kier molecular flexibility index (Phi) is 7.19. The van der Waals surface area contributed by atoms with Crippen LogP contribution >= 0.6 is 0 Å². The molecule has 8 aromatic carbocycles. The van der Waals surface area contributed by atoms with Crippen molar-refractivity contribution < 1.29 is 0 Å². The fraction of sp³-hybridized carbons (Fsp3) is 0.0588. The summed E-state index contributed by atoms with van der Waals surface area (Å²) in [5.74, 6) is 0. The number of benzene rings is 8. The van der Waals surface area contributed by atoms with Crippen molar-refractivity contribution in [2.75, 3.05) is 4.90 Å². The predicted octanol–water partition coefficient (Wildman–Crippen LogP) is 13.9. The van der Waals surface area contributed by atoms with Crippen LogP contribution in [0, 0.1) is 0 Å². The molecule has 1 aliphatic rings. The number of hydrogen-bond donors (Lipinski definition) is 0. The molecule has 0 bridgehead atoms. The lowest BCUT2D eigenvalue weighted by atomic mass is 9.82. The average Bonchev–Trinajstić information content (AvgIpc) is 3.67. The smallest absolute Gasteiger partial charge is 0.0562 e. The molecule has 0 spiro atoms. The molecule has 0 amide bonds. The lowest BCUT2D eigenvalue weighted by Gasteiger charge is -2.28. The van der Waals surface area contributed by atoms with Gasteiger partial charge in [-0.15, -0.1) is 0 Å². The van der Waals surface area contributed by atoms with Crippen molar-refractivity contribution in [1.29, 1.82) is 0 Å². The van der Waals surface area contributed by atoms with E-state index in [0.717, 1.165) is 22.7 Å². The van der Waals surface area contributed by atoms with Gasteiger partial charge in [0.1, 0.15) is 0 Å². The Bertz CT molecular complexity index is 2780. The van der Waals surface area contributed by atoms with E-state index in [-0.39, 0.29) is 5.41 Å². The van der Waals surface area contributed by atoms with E-state index in [9.17, 15) is 0 Å². The molecule has 0 fully saturated rings. The Balaban J connectivity index is 1.25. The van der Waals surface area contributed by atoms with Gasteiger partial charge in [-0.05, 0) is 87.5 Å². The molecule has 0 saturated heterocycles. The van der Waals surface area contributed by atoms with Crippen LogP contribution < -0.4 is 4.90 Å². The number of para-hydroxylation sites is 2. The van der Waals surface area contributed by atoms with Crippen molar-refractivity contribution in [2.45, 2.75) is 19.3 Å². The largest absolute Gasteiger partial charge is 0.310 e. The second kappa shape index (κ2) is 12.3. The normalized spacial score (nSPS) is 12.9. The molecule has 2 nitrogen and oxygen atoms in total. The highest BCUT2D eigenvalue weighted by atomic mass is 15.1.